The van der Waals surface area contributed by atoms with E-state index in [1.165, 1.54) is 11.1 Å². The molecule has 0 aliphatic rings. The molecule has 0 unspecified atom stereocenters. The first-order valence-corrected chi connectivity index (χ1v) is 7.60. The standard InChI is InChI=1S/C20H21NO/c1-13-11-14(20(2,3)4)9-10-15(13)18-12-19(22)16-7-5-6-8-17(16)21-18/h5-12H,1-4H3,(H,21,22). The first kappa shape index (κ1) is 14.6. The maximum atomic E-state index is 12.3. The lowest BCUT2D eigenvalue weighted by molar-refractivity contribution is 0.590. The normalized spacial score (nSPS) is 11.8. The predicted octanol–water partition coefficient (Wildman–Crippen LogP) is 4.80. The first-order chi connectivity index (χ1) is 10.4. The topological polar surface area (TPSA) is 32.9 Å². The molecular weight excluding hydrogens is 270 g/mol. The van der Waals surface area contributed by atoms with Gasteiger partial charge in [0, 0.05) is 28.2 Å². The van der Waals surface area contributed by atoms with Crippen molar-refractivity contribution >= 4 is 10.9 Å². The highest BCUT2D eigenvalue weighted by Gasteiger charge is 2.15. The van der Waals surface area contributed by atoms with Gasteiger partial charge in [-0.25, -0.2) is 0 Å². The van der Waals surface area contributed by atoms with Crippen molar-refractivity contribution in [2.24, 2.45) is 0 Å². The summed E-state index contributed by atoms with van der Waals surface area (Å²) in [5, 5.41) is 0.732. The van der Waals surface area contributed by atoms with E-state index in [0.717, 1.165) is 22.2 Å². The van der Waals surface area contributed by atoms with Crippen LogP contribution in [0.25, 0.3) is 22.2 Å². The van der Waals surface area contributed by atoms with E-state index in [2.05, 4.69) is 50.9 Å². The van der Waals surface area contributed by atoms with Crippen molar-refractivity contribution in [2.75, 3.05) is 0 Å². The smallest absolute Gasteiger partial charge is 0.190 e. The number of benzene rings is 2. The fourth-order valence-corrected chi connectivity index (χ4v) is 2.77. The highest BCUT2D eigenvalue weighted by Crippen LogP contribution is 2.28. The Morgan fingerprint density at radius 2 is 1.68 bits per heavy atom. The van der Waals surface area contributed by atoms with Gasteiger partial charge in [0.1, 0.15) is 0 Å². The number of para-hydroxylation sites is 1. The minimum absolute atomic E-state index is 0.0589. The fourth-order valence-electron chi connectivity index (χ4n) is 2.77. The molecule has 0 spiro atoms. The molecule has 112 valence electrons. The zero-order valence-electron chi connectivity index (χ0n) is 13.5. The van der Waals surface area contributed by atoms with Crippen LogP contribution in [-0.4, -0.2) is 4.98 Å². The molecule has 0 aliphatic heterocycles. The number of hydrogen-bond donors (Lipinski definition) is 1. The average molecular weight is 291 g/mol. The molecule has 0 aliphatic carbocycles. The van der Waals surface area contributed by atoms with Crippen LogP contribution in [0, 0.1) is 6.92 Å². The van der Waals surface area contributed by atoms with Gasteiger partial charge in [0.25, 0.3) is 0 Å². The molecule has 0 atom stereocenters. The Morgan fingerprint density at radius 1 is 0.955 bits per heavy atom. The summed E-state index contributed by atoms with van der Waals surface area (Å²) in [4.78, 5) is 15.7. The van der Waals surface area contributed by atoms with Crippen LogP contribution < -0.4 is 5.43 Å². The number of hydrogen-bond acceptors (Lipinski definition) is 1. The van der Waals surface area contributed by atoms with Crippen LogP contribution in [0.2, 0.25) is 0 Å². The highest BCUT2D eigenvalue weighted by atomic mass is 16.1. The number of nitrogens with one attached hydrogen (secondary N) is 1. The third-order valence-corrected chi connectivity index (χ3v) is 4.12. The molecule has 0 amide bonds. The highest BCUT2D eigenvalue weighted by molar-refractivity contribution is 5.81. The number of aryl methyl sites for hydroxylation is 1. The molecule has 1 N–H and O–H groups in total. The second-order valence-electron chi connectivity index (χ2n) is 6.87. The summed E-state index contributed by atoms with van der Waals surface area (Å²) in [6, 6.07) is 15.8. The Balaban J connectivity index is 2.18. The van der Waals surface area contributed by atoms with Gasteiger partial charge in [0.15, 0.2) is 5.43 Å². The Labute approximate surface area is 130 Å². The Hall–Kier alpha value is -2.35. The monoisotopic (exact) mass is 291 g/mol. The second kappa shape index (κ2) is 5.13. The molecule has 0 bridgehead atoms. The van der Waals surface area contributed by atoms with Gasteiger partial charge in [0.2, 0.25) is 0 Å². The fraction of sp³-hybridized carbons (Fsp3) is 0.250. The summed E-state index contributed by atoms with van der Waals surface area (Å²) in [6.45, 7) is 8.72. The third-order valence-electron chi connectivity index (χ3n) is 4.12. The molecule has 2 heteroatoms. The Bertz CT molecular complexity index is 897. The lowest BCUT2D eigenvalue weighted by atomic mass is 9.85. The van der Waals surface area contributed by atoms with Crippen LogP contribution in [0.4, 0.5) is 0 Å². The van der Waals surface area contributed by atoms with Crippen molar-refractivity contribution in [2.45, 2.75) is 33.1 Å². The molecule has 0 saturated heterocycles. The average Bonchev–Trinajstić information content (AvgIpc) is 2.46. The maximum Gasteiger partial charge on any atom is 0.190 e. The lowest BCUT2D eigenvalue weighted by Gasteiger charge is -2.20. The molecule has 2 aromatic carbocycles. The van der Waals surface area contributed by atoms with E-state index in [1.807, 2.05) is 24.3 Å². The zero-order chi connectivity index (χ0) is 15.9. The summed E-state index contributed by atoms with van der Waals surface area (Å²) in [5.74, 6) is 0. The van der Waals surface area contributed by atoms with E-state index in [-0.39, 0.29) is 10.8 Å². The first-order valence-electron chi connectivity index (χ1n) is 7.60. The summed E-state index contributed by atoms with van der Waals surface area (Å²) >= 11 is 0. The largest absolute Gasteiger partial charge is 0.354 e. The molecule has 0 fully saturated rings. The van der Waals surface area contributed by atoms with Crippen molar-refractivity contribution in [1.29, 1.82) is 0 Å². The van der Waals surface area contributed by atoms with Gasteiger partial charge in [-0.3, -0.25) is 4.79 Å². The molecule has 0 saturated carbocycles. The minimum Gasteiger partial charge on any atom is -0.354 e. The number of aromatic nitrogens is 1. The predicted molar refractivity (Wildman–Crippen MR) is 93.4 cm³/mol. The molecule has 22 heavy (non-hydrogen) atoms. The van der Waals surface area contributed by atoms with Crippen molar-refractivity contribution in [3.8, 4) is 11.3 Å². The van der Waals surface area contributed by atoms with Crippen LogP contribution in [-0.2, 0) is 5.41 Å². The van der Waals surface area contributed by atoms with Gasteiger partial charge < -0.3 is 4.98 Å². The van der Waals surface area contributed by atoms with Gasteiger partial charge in [-0.15, -0.1) is 0 Å². The number of pyridine rings is 1. The van der Waals surface area contributed by atoms with Gasteiger partial charge >= 0.3 is 0 Å². The zero-order valence-corrected chi connectivity index (χ0v) is 13.5. The van der Waals surface area contributed by atoms with Gasteiger partial charge in [0.05, 0.1) is 0 Å². The summed E-state index contributed by atoms with van der Waals surface area (Å²) in [5.41, 5.74) is 5.50. The molecule has 1 aromatic heterocycles. The van der Waals surface area contributed by atoms with Gasteiger partial charge in [-0.2, -0.15) is 0 Å². The molecule has 2 nitrogen and oxygen atoms in total. The van der Waals surface area contributed by atoms with Crippen LogP contribution in [0.15, 0.2) is 53.3 Å². The molecule has 3 rings (SSSR count). The summed E-state index contributed by atoms with van der Waals surface area (Å²) < 4.78 is 0. The maximum absolute atomic E-state index is 12.3. The van der Waals surface area contributed by atoms with Gasteiger partial charge in [-0.05, 0) is 35.6 Å². The van der Waals surface area contributed by atoms with Crippen LogP contribution >= 0.6 is 0 Å². The number of fused-ring (bicyclic) bond motifs is 1. The van der Waals surface area contributed by atoms with E-state index in [9.17, 15) is 4.79 Å². The van der Waals surface area contributed by atoms with Gasteiger partial charge in [-0.1, -0.05) is 51.1 Å². The van der Waals surface area contributed by atoms with Crippen LogP contribution in [0.1, 0.15) is 31.9 Å². The molecular formula is C20H21NO. The van der Waals surface area contributed by atoms with E-state index in [0.29, 0.717) is 0 Å². The SMILES string of the molecule is Cc1cc(C(C)(C)C)ccc1-c1cc(=O)c2ccccc2[nH]1. The van der Waals surface area contributed by atoms with E-state index >= 15 is 0 Å². The van der Waals surface area contributed by atoms with Crippen LogP contribution in [0.5, 0.6) is 0 Å². The third kappa shape index (κ3) is 2.57. The van der Waals surface area contributed by atoms with E-state index in [4.69, 9.17) is 0 Å². The summed E-state index contributed by atoms with van der Waals surface area (Å²) in [7, 11) is 0. The number of aromatic amines is 1. The molecule has 3 aromatic rings. The number of rotatable bonds is 1. The summed E-state index contributed by atoms with van der Waals surface area (Å²) in [6.07, 6.45) is 0. The number of H-pyrrole nitrogens is 1. The minimum atomic E-state index is 0.0589. The van der Waals surface area contributed by atoms with Crippen molar-refractivity contribution < 1.29 is 0 Å². The molecule has 0 radical (unpaired) electrons. The van der Waals surface area contributed by atoms with Crippen molar-refractivity contribution in [3.63, 3.8) is 0 Å². The second-order valence-corrected chi connectivity index (χ2v) is 6.87. The van der Waals surface area contributed by atoms with Crippen molar-refractivity contribution in [1.82, 2.24) is 4.98 Å². The quantitative estimate of drug-likeness (QED) is 0.686. The van der Waals surface area contributed by atoms with Crippen molar-refractivity contribution in [3.05, 3.63) is 69.9 Å². The molecule has 1 heterocycles. The Morgan fingerprint density at radius 3 is 2.36 bits per heavy atom. The van der Waals surface area contributed by atoms with E-state index < -0.39 is 0 Å². The Kier molecular flexibility index (Phi) is 3.40. The van der Waals surface area contributed by atoms with Crippen LogP contribution in [0.3, 0.4) is 0 Å². The lowest BCUT2D eigenvalue weighted by Crippen LogP contribution is -2.11. The van der Waals surface area contributed by atoms with E-state index in [1.54, 1.807) is 6.07 Å².